The smallest absolute Gasteiger partial charge is 0.320 e. The molecule has 0 bridgehead atoms. The van der Waals surface area contributed by atoms with Gasteiger partial charge < -0.3 is 25.4 Å². The van der Waals surface area contributed by atoms with Crippen LogP contribution in [0.4, 0.5) is 4.79 Å². The van der Waals surface area contributed by atoms with Crippen molar-refractivity contribution in [2.75, 3.05) is 32.7 Å². The number of aromatic hydroxyl groups is 1. The summed E-state index contributed by atoms with van der Waals surface area (Å²) in [7, 11) is 0. The lowest BCUT2D eigenvalue weighted by molar-refractivity contribution is -0.0630. The number of rotatable bonds is 6. The number of amides is 2. The molecule has 1 aromatic carbocycles. The Morgan fingerprint density at radius 3 is 2.55 bits per heavy atom. The van der Waals surface area contributed by atoms with Crippen molar-refractivity contribution in [3.63, 3.8) is 0 Å². The summed E-state index contributed by atoms with van der Waals surface area (Å²) in [4.78, 5) is 16.4. The third-order valence-electron chi connectivity index (χ3n) is 6.13. The number of benzene rings is 1. The summed E-state index contributed by atoms with van der Waals surface area (Å²) in [5.41, 5.74) is 8.82. The molecule has 0 aliphatic carbocycles. The van der Waals surface area contributed by atoms with Gasteiger partial charge in [0.2, 0.25) is 0 Å². The molecule has 158 valence electrons. The highest BCUT2D eigenvalue weighted by atomic mass is 16.5. The largest absolute Gasteiger partial charge is 0.507 e. The molecule has 0 unspecified atom stereocenters. The lowest BCUT2D eigenvalue weighted by atomic mass is 9.83. The predicted molar refractivity (Wildman–Crippen MR) is 115 cm³/mol. The first-order chi connectivity index (χ1) is 14.0. The Hall–Kier alpha value is -2.31. The molecule has 3 N–H and O–H groups in total. The maximum Gasteiger partial charge on any atom is 0.320 e. The van der Waals surface area contributed by atoms with Crippen molar-refractivity contribution in [3.8, 4) is 5.75 Å². The molecular formula is C23H33N3O3. The van der Waals surface area contributed by atoms with Gasteiger partial charge in [-0.1, -0.05) is 24.3 Å². The fourth-order valence-electron chi connectivity index (χ4n) is 4.48. The number of ether oxygens (including phenoxy) is 1. The molecule has 6 nitrogen and oxygen atoms in total. The van der Waals surface area contributed by atoms with Crippen LogP contribution in [0.3, 0.4) is 0 Å². The van der Waals surface area contributed by atoms with Crippen molar-refractivity contribution in [2.45, 2.75) is 38.4 Å². The zero-order valence-corrected chi connectivity index (χ0v) is 17.3. The highest BCUT2D eigenvalue weighted by molar-refractivity contribution is 5.75. The van der Waals surface area contributed by atoms with Crippen LogP contribution >= 0.6 is 0 Å². The molecule has 29 heavy (non-hydrogen) atoms. The standard InChI is InChI=1S/C23H33N3O3/c1-4-10-25(11-5-2)23(28)26-12-8-17(9-13-26)20-14-19-18(21(15-24)29-20)7-6-16(3)22(19)27/h4-7,17,20-21,27H,1-2,8-15,24H2,3H3/t20-,21-/m0/s1. The molecule has 3 rings (SSSR count). The summed E-state index contributed by atoms with van der Waals surface area (Å²) in [6.45, 7) is 12.2. The van der Waals surface area contributed by atoms with E-state index in [2.05, 4.69) is 13.2 Å². The Balaban J connectivity index is 1.66. The molecule has 0 spiro atoms. The van der Waals surface area contributed by atoms with Crippen LogP contribution in [0.1, 0.15) is 35.6 Å². The van der Waals surface area contributed by atoms with Crippen molar-refractivity contribution in [1.29, 1.82) is 0 Å². The van der Waals surface area contributed by atoms with Crippen LogP contribution in [0, 0.1) is 12.8 Å². The van der Waals surface area contributed by atoms with Crippen LogP contribution in [0.25, 0.3) is 0 Å². The van der Waals surface area contributed by atoms with Crippen LogP contribution in [0.2, 0.25) is 0 Å². The van der Waals surface area contributed by atoms with Crippen molar-refractivity contribution in [1.82, 2.24) is 9.80 Å². The summed E-state index contributed by atoms with van der Waals surface area (Å²) < 4.78 is 6.34. The third-order valence-corrected chi connectivity index (χ3v) is 6.13. The van der Waals surface area contributed by atoms with Crippen molar-refractivity contribution >= 4 is 6.03 Å². The van der Waals surface area contributed by atoms with E-state index in [0.717, 1.165) is 29.5 Å². The number of nitrogens with zero attached hydrogens (tertiary/aromatic N) is 2. The Bertz CT molecular complexity index is 746. The first-order valence-electron chi connectivity index (χ1n) is 10.4. The number of phenols is 1. The fraction of sp³-hybridized carbons (Fsp3) is 0.522. The second kappa shape index (κ2) is 9.46. The minimum absolute atomic E-state index is 0.0125. The van der Waals surface area contributed by atoms with E-state index < -0.39 is 0 Å². The number of hydrogen-bond acceptors (Lipinski definition) is 4. The van der Waals surface area contributed by atoms with E-state index in [1.165, 1.54) is 0 Å². The lowest BCUT2D eigenvalue weighted by Crippen LogP contribution is -2.49. The third kappa shape index (κ3) is 4.49. The minimum atomic E-state index is -0.189. The molecular weight excluding hydrogens is 366 g/mol. The van der Waals surface area contributed by atoms with Gasteiger partial charge in [0.25, 0.3) is 0 Å². The normalized spacial score (nSPS) is 22.1. The van der Waals surface area contributed by atoms with E-state index in [1.807, 2.05) is 24.0 Å². The highest BCUT2D eigenvalue weighted by Crippen LogP contribution is 2.40. The number of piperidine rings is 1. The average molecular weight is 400 g/mol. The molecule has 0 aromatic heterocycles. The molecule has 1 fully saturated rings. The number of likely N-dealkylation sites (tertiary alicyclic amines) is 1. The number of carbonyl (C=O) groups excluding carboxylic acids is 1. The minimum Gasteiger partial charge on any atom is -0.507 e. The second-order valence-corrected chi connectivity index (χ2v) is 7.99. The molecule has 0 saturated carbocycles. The topological polar surface area (TPSA) is 79.0 Å². The van der Waals surface area contributed by atoms with Gasteiger partial charge in [-0.3, -0.25) is 0 Å². The number of urea groups is 1. The van der Waals surface area contributed by atoms with Crippen LogP contribution in [0.15, 0.2) is 37.4 Å². The first kappa shape index (κ1) is 21.4. The molecule has 6 heteroatoms. The van der Waals surface area contributed by atoms with Crippen LogP contribution in [-0.4, -0.2) is 59.8 Å². The number of phenolic OH excluding ortho intramolecular Hbond substituents is 1. The van der Waals surface area contributed by atoms with Crippen LogP contribution < -0.4 is 5.73 Å². The van der Waals surface area contributed by atoms with Crippen LogP contribution in [-0.2, 0) is 11.2 Å². The number of nitrogens with two attached hydrogens (primary N) is 1. The van der Waals surface area contributed by atoms with Crippen molar-refractivity contribution in [3.05, 3.63) is 54.1 Å². The summed E-state index contributed by atoms with van der Waals surface area (Å²) in [5, 5.41) is 10.6. The molecule has 2 aliphatic heterocycles. The number of hydrogen-bond donors (Lipinski definition) is 2. The van der Waals surface area contributed by atoms with Gasteiger partial charge in [-0.2, -0.15) is 0 Å². The van der Waals surface area contributed by atoms with Crippen LogP contribution in [0.5, 0.6) is 5.75 Å². The lowest BCUT2D eigenvalue weighted by Gasteiger charge is -2.41. The van der Waals surface area contributed by atoms with E-state index in [1.54, 1.807) is 17.1 Å². The highest BCUT2D eigenvalue weighted by Gasteiger charge is 2.36. The summed E-state index contributed by atoms with van der Waals surface area (Å²) in [6.07, 6.45) is 5.75. The molecule has 2 aliphatic rings. The van der Waals surface area contributed by atoms with Crippen molar-refractivity contribution in [2.24, 2.45) is 11.7 Å². The van der Waals surface area contributed by atoms with Gasteiger partial charge in [-0.15, -0.1) is 13.2 Å². The number of fused-ring (bicyclic) bond motifs is 1. The zero-order chi connectivity index (χ0) is 21.0. The SMILES string of the molecule is C=CCN(CC=C)C(=O)N1CCC([C@@H]2Cc3c(ccc(C)c3O)[C@H](CN)O2)CC1. The summed E-state index contributed by atoms with van der Waals surface area (Å²) in [6, 6.07) is 3.97. The average Bonchev–Trinajstić information content (AvgIpc) is 2.75. The van der Waals surface area contributed by atoms with Gasteiger partial charge >= 0.3 is 6.03 Å². The monoisotopic (exact) mass is 399 g/mol. The Morgan fingerprint density at radius 1 is 1.31 bits per heavy atom. The Labute approximate surface area is 173 Å². The molecule has 0 radical (unpaired) electrons. The van der Waals surface area contributed by atoms with Gasteiger partial charge in [0, 0.05) is 44.7 Å². The van der Waals surface area contributed by atoms with E-state index in [9.17, 15) is 9.90 Å². The number of carbonyl (C=O) groups is 1. The Kier molecular flexibility index (Phi) is 6.98. The molecule has 2 atom stereocenters. The maximum atomic E-state index is 12.8. The van der Waals surface area contributed by atoms with E-state index in [4.69, 9.17) is 10.5 Å². The second-order valence-electron chi connectivity index (χ2n) is 7.99. The van der Waals surface area contributed by atoms with E-state index >= 15 is 0 Å². The van der Waals surface area contributed by atoms with E-state index in [-0.39, 0.29) is 18.2 Å². The molecule has 2 amide bonds. The fourth-order valence-corrected chi connectivity index (χ4v) is 4.48. The van der Waals surface area contributed by atoms with Gasteiger partial charge in [-0.05, 0) is 36.8 Å². The summed E-state index contributed by atoms with van der Waals surface area (Å²) >= 11 is 0. The van der Waals surface area contributed by atoms with Gasteiger partial charge in [-0.25, -0.2) is 4.79 Å². The first-order valence-corrected chi connectivity index (χ1v) is 10.4. The zero-order valence-electron chi connectivity index (χ0n) is 17.3. The quantitative estimate of drug-likeness (QED) is 0.720. The predicted octanol–water partition coefficient (Wildman–Crippen LogP) is 3.15. The van der Waals surface area contributed by atoms with E-state index in [0.29, 0.717) is 50.8 Å². The van der Waals surface area contributed by atoms with Gasteiger partial charge in [0.15, 0.2) is 0 Å². The number of aryl methyl sites for hydroxylation is 1. The van der Waals surface area contributed by atoms with Gasteiger partial charge in [0.05, 0.1) is 12.2 Å². The molecule has 1 aromatic rings. The molecule has 2 heterocycles. The summed E-state index contributed by atoms with van der Waals surface area (Å²) in [5.74, 6) is 0.708. The molecule has 1 saturated heterocycles. The van der Waals surface area contributed by atoms with Gasteiger partial charge in [0.1, 0.15) is 5.75 Å². The maximum absolute atomic E-state index is 12.8. The Morgan fingerprint density at radius 2 is 1.97 bits per heavy atom. The van der Waals surface area contributed by atoms with Crippen molar-refractivity contribution < 1.29 is 14.6 Å².